The fourth-order valence-corrected chi connectivity index (χ4v) is 2.38. The lowest BCUT2D eigenvalue weighted by Gasteiger charge is -2.29. The number of hydrogen-bond acceptors (Lipinski definition) is 4. The predicted octanol–water partition coefficient (Wildman–Crippen LogP) is -0.606. The number of carboxylic acid groups (broad SMARTS) is 1. The van der Waals surface area contributed by atoms with Crippen molar-refractivity contribution >= 4 is 11.9 Å². The molecule has 0 aromatic rings. The van der Waals surface area contributed by atoms with Gasteiger partial charge in [0.05, 0.1) is 19.8 Å². The van der Waals surface area contributed by atoms with Crippen LogP contribution in [0.4, 0.5) is 0 Å². The molecule has 6 heteroatoms. The van der Waals surface area contributed by atoms with Crippen LogP contribution in [0.15, 0.2) is 0 Å². The number of carboxylic acids is 1. The number of carbonyl (C=O) groups is 2. The zero-order valence-corrected chi connectivity index (χ0v) is 9.80. The van der Waals surface area contributed by atoms with Crippen molar-refractivity contribution in [1.82, 2.24) is 9.80 Å². The zero-order chi connectivity index (χ0) is 12.3. The summed E-state index contributed by atoms with van der Waals surface area (Å²) in [5.74, 6) is -0.807. The molecule has 17 heavy (non-hydrogen) atoms. The van der Waals surface area contributed by atoms with Gasteiger partial charge in [0, 0.05) is 13.1 Å². The molecule has 2 heterocycles. The number of rotatable bonds is 3. The summed E-state index contributed by atoms with van der Waals surface area (Å²) < 4.78 is 5.18. The second kappa shape index (κ2) is 5.46. The minimum Gasteiger partial charge on any atom is -0.480 e. The molecule has 2 saturated heterocycles. The van der Waals surface area contributed by atoms with Gasteiger partial charge in [-0.05, 0) is 19.4 Å². The van der Waals surface area contributed by atoms with Crippen molar-refractivity contribution in [2.24, 2.45) is 0 Å². The van der Waals surface area contributed by atoms with Crippen molar-refractivity contribution in [3.8, 4) is 0 Å². The van der Waals surface area contributed by atoms with Crippen LogP contribution in [-0.2, 0) is 14.3 Å². The number of amides is 1. The first-order valence-corrected chi connectivity index (χ1v) is 6.01. The molecule has 1 atom stereocenters. The number of carbonyl (C=O) groups excluding carboxylic acids is 1. The molecular formula is C11H18N2O4. The minimum atomic E-state index is -0.822. The van der Waals surface area contributed by atoms with Crippen molar-refractivity contribution < 1.29 is 19.4 Å². The average molecular weight is 242 g/mol. The van der Waals surface area contributed by atoms with Crippen LogP contribution in [0.5, 0.6) is 0 Å². The lowest BCUT2D eigenvalue weighted by Crippen LogP contribution is -2.48. The molecule has 1 unspecified atom stereocenters. The van der Waals surface area contributed by atoms with Crippen molar-refractivity contribution in [3.63, 3.8) is 0 Å². The van der Waals surface area contributed by atoms with Gasteiger partial charge in [0.2, 0.25) is 5.91 Å². The topological polar surface area (TPSA) is 70.1 Å². The first kappa shape index (κ1) is 12.3. The lowest BCUT2D eigenvalue weighted by atomic mass is 10.2. The Bertz CT molecular complexity index is 302. The third kappa shape index (κ3) is 2.95. The summed E-state index contributed by atoms with van der Waals surface area (Å²) in [5.41, 5.74) is 0. The maximum atomic E-state index is 12.0. The number of likely N-dealkylation sites (tertiary alicyclic amines) is 1. The number of morpholine rings is 1. The normalized spacial score (nSPS) is 26.1. The molecule has 0 aromatic heterocycles. The Balaban J connectivity index is 1.86. The van der Waals surface area contributed by atoms with E-state index in [1.54, 1.807) is 9.80 Å². The van der Waals surface area contributed by atoms with Crippen LogP contribution in [-0.4, -0.2) is 72.2 Å². The van der Waals surface area contributed by atoms with E-state index in [1.165, 1.54) is 0 Å². The van der Waals surface area contributed by atoms with Gasteiger partial charge in [0.15, 0.2) is 0 Å². The van der Waals surface area contributed by atoms with Gasteiger partial charge >= 0.3 is 5.97 Å². The molecule has 2 fully saturated rings. The number of ether oxygens (including phenoxy) is 1. The smallest absolute Gasteiger partial charge is 0.320 e. The number of hydrogen-bond donors (Lipinski definition) is 1. The highest BCUT2D eigenvalue weighted by Crippen LogP contribution is 2.17. The van der Waals surface area contributed by atoms with E-state index in [0.29, 0.717) is 39.3 Å². The Labute approximate surface area is 100 Å². The fourth-order valence-electron chi connectivity index (χ4n) is 2.38. The van der Waals surface area contributed by atoms with Gasteiger partial charge in [-0.3, -0.25) is 14.5 Å². The first-order valence-electron chi connectivity index (χ1n) is 6.01. The predicted molar refractivity (Wildman–Crippen MR) is 59.6 cm³/mol. The third-order valence-corrected chi connectivity index (χ3v) is 3.35. The maximum absolute atomic E-state index is 12.0. The van der Waals surface area contributed by atoms with Crippen LogP contribution in [0, 0.1) is 0 Å². The molecule has 2 aliphatic rings. The standard InChI is InChI=1S/C11H18N2O4/c14-10(12-4-6-17-7-5-12)8-13-3-1-2-9(13)11(15)16/h9H,1-8H2,(H,15,16). The van der Waals surface area contributed by atoms with E-state index >= 15 is 0 Å². The maximum Gasteiger partial charge on any atom is 0.320 e. The SMILES string of the molecule is O=C(O)C1CCCN1CC(=O)N1CCOCC1. The molecule has 0 saturated carbocycles. The van der Waals surface area contributed by atoms with Gasteiger partial charge in [0.25, 0.3) is 0 Å². The van der Waals surface area contributed by atoms with E-state index < -0.39 is 12.0 Å². The molecule has 0 bridgehead atoms. The van der Waals surface area contributed by atoms with Crippen LogP contribution >= 0.6 is 0 Å². The molecule has 2 aliphatic heterocycles. The summed E-state index contributed by atoms with van der Waals surface area (Å²) in [5, 5.41) is 9.02. The monoisotopic (exact) mass is 242 g/mol. The summed E-state index contributed by atoms with van der Waals surface area (Å²) in [7, 11) is 0. The second-order valence-corrected chi connectivity index (χ2v) is 4.46. The highest BCUT2D eigenvalue weighted by Gasteiger charge is 2.32. The summed E-state index contributed by atoms with van der Waals surface area (Å²) in [6.45, 7) is 3.31. The second-order valence-electron chi connectivity index (χ2n) is 4.46. The molecule has 0 radical (unpaired) electrons. The molecule has 6 nitrogen and oxygen atoms in total. The van der Waals surface area contributed by atoms with Gasteiger partial charge < -0.3 is 14.7 Å². The van der Waals surface area contributed by atoms with Crippen LogP contribution < -0.4 is 0 Å². The van der Waals surface area contributed by atoms with Crippen molar-refractivity contribution in [2.75, 3.05) is 39.4 Å². The molecule has 0 spiro atoms. The van der Waals surface area contributed by atoms with E-state index in [0.717, 1.165) is 6.42 Å². The van der Waals surface area contributed by atoms with E-state index in [-0.39, 0.29) is 12.5 Å². The first-order chi connectivity index (χ1) is 8.18. The van der Waals surface area contributed by atoms with Gasteiger partial charge in [-0.25, -0.2) is 0 Å². The fraction of sp³-hybridized carbons (Fsp3) is 0.818. The quantitative estimate of drug-likeness (QED) is 0.715. The summed E-state index contributed by atoms with van der Waals surface area (Å²) >= 11 is 0. The van der Waals surface area contributed by atoms with Gasteiger partial charge in [-0.15, -0.1) is 0 Å². The van der Waals surface area contributed by atoms with Crippen molar-refractivity contribution in [2.45, 2.75) is 18.9 Å². The molecule has 1 N–H and O–H groups in total. The van der Waals surface area contributed by atoms with E-state index in [2.05, 4.69) is 0 Å². The summed E-state index contributed by atoms with van der Waals surface area (Å²) in [6, 6.07) is -0.486. The summed E-state index contributed by atoms with van der Waals surface area (Å²) in [6.07, 6.45) is 1.50. The molecule has 2 rings (SSSR count). The van der Waals surface area contributed by atoms with E-state index in [1.807, 2.05) is 0 Å². The van der Waals surface area contributed by atoms with Gasteiger partial charge in [0.1, 0.15) is 6.04 Å². The number of nitrogens with zero attached hydrogens (tertiary/aromatic N) is 2. The lowest BCUT2D eigenvalue weighted by molar-refractivity contribution is -0.144. The Morgan fingerprint density at radius 2 is 1.94 bits per heavy atom. The minimum absolute atomic E-state index is 0.0152. The van der Waals surface area contributed by atoms with Crippen LogP contribution in [0.1, 0.15) is 12.8 Å². The van der Waals surface area contributed by atoms with E-state index in [9.17, 15) is 9.59 Å². The Morgan fingerprint density at radius 3 is 2.59 bits per heavy atom. The Hall–Kier alpha value is -1.14. The van der Waals surface area contributed by atoms with E-state index in [4.69, 9.17) is 9.84 Å². The van der Waals surface area contributed by atoms with Gasteiger partial charge in [-0.1, -0.05) is 0 Å². The van der Waals surface area contributed by atoms with Gasteiger partial charge in [-0.2, -0.15) is 0 Å². The molecule has 0 aromatic carbocycles. The third-order valence-electron chi connectivity index (χ3n) is 3.35. The van der Waals surface area contributed by atoms with Crippen LogP contribution in [0.25, 0.3) is 0 Å². The highest BCUT2D eigenvalue weighted by molar-refractivity contribution is 5.80. The van der Waals surface area contributed by atoms with Crippen LogP contribution in [0.3, 0.4) is 0 Å². The zero-order valence-electron chi connectivity index (χ0n) is 9.80. The molecular weight excluding hydrogens is 224 g/mol. The van der Waals surface area contributed by atoms with Crippen LogP contribution in [0.2, 0.25) is 0 Å². The molecule has 96 valence electrons. The average Bonchev–Trinajstić information content (AvgIpc) is 2.78. The van der Waals surface area contributed by atoms with Crippen molar-refractivity contribution in [3.05, 3.63) is 0 Å². The molecule has 0 aliphatic carbocycles. The largest absolute Gasteiger partial charge is 0.480 e. The Kier molecular flexibility index (Phi) is 3.96. The summed E-state index contributed by atoms with van der Waals surface area (Å²) in [4.78, 5) is 26.5. The molecule has 1 amide bonds. The van der Waals surface area contributed by atoms with Crippen molar-refractivity contribution in [1.29, 1.82) is 0 Å². The number of aliphatic carboxylic acids is 1. The Morgan fingerprint density at radius 1 is 1.24 bits per heavy atom. The highest BCUT2D eigenvalue weighted by atomic mass is 16.5.